The van der Waals surface area contributed by atoms with Crippen LogP contribution in [0.3, 0.4) is 0 Å². The van der Waals surface area contributed by atoms with Crippen molar-refractivity contribution in [3.63, 3.8) is 0 Å². The van der Waals surface area contributed by atoms with Crippen molar-refractivity contribution in [1.29, 1.82) is 0 Å². The van der Waals surface area contributed by atoms with Crippen LogP contribution in [0.1, 0.15) is 24.2 Å². The van der Waals surface area contributed by atoms with Crippen LogP contribution in [0.2, 0.25) is 0 Å². The highest BCUT2D eigenvalue weighted by atomic mass is 19.4. The Bertz CT molecular complexity index is 739. The molecule has 0 saturated carbocycles. The van der Waals surface area contributed by atoms with E-state index in [0.717, 1.165) is 50.4 Å². The highest BCUT2D eigenvalue weighted by Gasteiger charge is 2.30. The number of likely N-dealkylation sites (tertiary alicyclic amines) is 1. The van der Waals surface area contributed by atoms with E-state index in [2.05, 4.69) is 15.5 Å². The number of furan rings is 1. The molecule has 0 aliphatic carbocycles. The molecule has 1 fully saturated rings. The summed E-state index contributed by atoms with van der Waals surface area (Å²) in [5.74, 6) is 1.29. The summed E-state index contributed by atoms with van der Waals surface area (Å²) in [5.41, 5.74) is -0.667. The van der Waals surface area contributed by atoms with Gasteiger partial charge < -0.3 is 15.1 Å². The fraction of sp³-hybridized carbons (Fsp3) is 0.421. The van der Waals surface area contributed by atoms with Crippen molar-refractivity contribution in [3.8, 4) is 0 Å². The van der Waals surface area contributed by atoms with Crippen molar-refractivity contribution in [2.24, 2.45) is 5.92 Å². The molecule has 8 heteroatoms. The van der Waals surface area contributed by atoms with E-state index in [-0.39, 0.29) is 5.69 Å². The lowest BCUT2D eigenvalue weighted by molar-refractivity contribution is -0.137. The van der Waals surface area contributed by atoms with Gasteiger partial charge in [0.05, 0.1) is 18.4 Å². The Labute approximate surface area is 155 Å². The van der Waals surface area contributed by atoms with Crippen LogP contribution in [0.15, 0.2) is 47.1 Å². The molecule has 1 aromatic carbocycles. The predicted molar refractivity (Wildman–Crippen MR) is 95.2 cm³/mol. The average molecular weight is 381 g/mol. The quantitative estimate of drug-likeness (QED) is 0.810. The Morgan fingerprint density at radius 2 is 1.96 bits per heavy atom. The maximum atomic E-state index is 12.7. The van der Waals surface area contributed by atoms with Gasteiger partial charge in [-0.05, 0) is 62.2 Å². The molecule has 2 N–H and O–H groups in total. The average Bonchev–Trinajstić information content (AvgIpc) is 3.14. The summed E-state index contributed by atoms with van der Waals surface area (Å²) in [5, 5.41) is 5.21. The first-order valence-electron chi connectivity index (χ1n) is 8.87. The van der Waals surface area contributed by atoms with Crippen molar-refractivity contribution in [1.82, 2.24) is 10.2 Å². The number of alkyl halides is 3. The molecule has 27 heavy (non-hydrogen) atoms. The molecule has 146 valence electrons. The van der Waals surface area contributed by atoms with Gasteiger partial charge in [0.25, 0.3) is 0 Å². The Hall–Kier alpha value is -2.48. The van der Waals surface area contributed by atoms with Crippen molar-refractivity contribution >= 4 is 11.7 Å². The Balaban J connectivity index is 1.40. The molecule has 0 spiro atoms. The minimum Gasteiger partial charge on any atom is -0.468 e. The lowest BCUT2D eigenvalue weighted by atomic mass is 9.97. The van der Waals surface area contributed by atoms with E-state index < -0.39 is 17.8 Å². The minimum absolute atomic E-state index is 0.121. The number of benzene rings is 1. The van der Waals surface area contributed by atoms with Gasteiger partial charge in [0.15, 0.2) is 0 Å². The second-order valence-corrected chi connectivity index (χ2v) is 6.71. The third kappa shape index (κ3) is 5.75. The van der Waals surface area contributed by atoms with Crippen LogP contribution in [-0.4, -0.2) is 30.6 Å². The van der Waals surface area contributed by atoms with Gasteiger partial charge in [0.2, 0.25) is 0 Å². The summed E-state index contributed by atoms with van der Waals surface area (Å²) < 4.78 is 43.5. The van der Waals surface area contributed by atoms with Gasteiger partial charge in [-0.3, -0.25) is 4.90 Å². The van der Waals surface area contributed by atoms with E-state index in [1.165, 1.54) is 12.1 Å². The van der Waals surface area contributed by atoms with Gasteiger partial charge >= 0.3 is 12.2 Å². The summed E-state index contributed by atoms with van der Waals surface area (Å²) in [6.07, 6.45) is -0.873. The summed E-state index contributed by atoms with van der Waals surface area (Å²) in [4.78, 5) is 14.3. The van der Waals surface area contributed by atoms with Crippen LogP contribution < -0.4 is 10.6 Å². The second kappa shape index (κ2) is 8.47. The molecule has 2 heterocycles. The van der Waals surface area contributed by atoms with Crippen LogP contribution in [-0.2, 0) is 12.7 Å². The number of carbonyl (C=O) groups excluding carboxylic acids is 1. The van der Waals surface area contributed by atoms with Crippen LogP contribution in [0.25, 0.3) is 0 Å². The monoisotopic (exact) mass is 381 g/mol. The maximum absolute atomic E-state index is 12.7. The summed E-state index contributed by atoms with van der Waals surface area (Å²) in [6.45, 7) is 3.12. The molecular weight excluding hydrogens is 359 g/mol. The number of carbonyl (C=O) groups is 1. The molecule has 3 rings (SSSR count). The van der Waals surface area contributed by atoms with E-state index in [4.69, 9.17) is 4.42 Å². The number of nitrogens with zero attached hydrogens (tertiary/aromatic N) is 1. The second-order valence-electron chi connectivity index (χ2n) is 6.71. The molecule has 1 aromatic heterocycles. The van der Waals surface area contributed by atoms with E-state index in [0.29, 0.717) is 12.5 Å². The lowest BCUT2D eigenvalue weighted by Gasteiger charge is -2.31. The van der Waals surface area contributed by atoms with E-state index in [1.54, 1.807) is 6.26 Å². The molecule has 0 bridgehead atoms. The molecule has 1 saturated heterocycles. The number of urea groups is 1. The first-order valence-corrected chi connectivity index (χ1v) is 8.87. The fourth-order valence-electron chi connectivity index (χ4n) is 3.16. The van der Waals surface area contributed by atoms with Gasteiger partial charge in [-0.2, -0.15) is 13.2 Å². The van der Waals surface area contributed by atoms with Gasteiger partial charge in [-0.15, -0.1) is 0 Å². The lowest BCUT2D eigenvalue weighted by Crippen LogP contribution is -2.39. The zero-order valence-electron chi connectivity index (χ0n) is 14.8. The SMILES string of the molecule is O=C(NCC1CCN(Cc2ccco2)CC1)Nc1cccc(C(F)(F)F)c1. The Morgan fingerprint density at radius 1 is 1.19 bits per heavy atom. The molecule has 0 radical (unpaired) electrons. The number of halogens is 3. The molecule has 5 nitrogen and oxygen atoms in total. The zero-order valence-corrected chi connectivity index (χ0v) is 14.8. The van der Waals surface area contributed by atoms with E-state index in [9.17, 15) is 18.0 Å². The molecule has 0 unspecified atom stereocenters. The Kier molecular flexibility index (Phi) is 6.05. The normalized spacial score (nSPS) is 16.3. The standard InChI is InChI=1S/C19H22F3N3O2/c20-19(21,22)15-3-1-4-16(11-15)24-18(26)23-12-14-6-8-25(9-7-14)13-17-5-2-10-27-17/h1-5,10-11,14H,6-9,12-13H2,(H2,23,24,26). The topological polar surface area (TPSA) is 57.5 Å². The molecule has 1 aliphatic rings. The zero-order chi connectivity index (χ0) is 19.3. The highest BCUT2D eigenvalue weighted by molar-refractivity contribution is 5.89. The number of nitrogens with one attached hydrogen (secondary N) is 2. The molecule has 0 atom stereocenters. The summed E-state index contributed by atoms with van der Waals surface area (Å²) >= 11 is 0. The smallest absolute Gasteiger partial charge is 0.416 e. The number of anilines is 1. The summed E-state index contributed by atoms with van der Waals surface area (Å²) in [6, 6.07) is 7.93. The third-order valence-electron chi connectivity index (χ3n) is 4.67. The summed E-state index contributed by atoms with van der Waals surface area (Å²) in [7, 11) is 0. The number of hydrogen-bond donors (Lipinski definition) is 2. The molecular formula is C19H22F3N3O2. The van der Waals surface area contributed by atoms with Gasteiger partial charge in [-0.25, -0.2) is 4.79 Å². The first kappa shape index (κ1) is 19.3. The van der Waals surface area contributed by atoms with Crippen molar-refractivity contribution in [2.75, 3.05) is 25.0 Å². The first-order chi connectivity index (χ1) is 12.9. The van der Waals surface area contributed by atoms with E-state index in [1.807, 2.05) is 12.1 Å². The Morgan fingerprint density at radius 3 is 2.63 bits per heavy atom. The van der Waals surface area contributed by atoms with Crippen molar-refractivity contribution < 1.29 is 22.4 Å². The van der Waals surface area contributed by atoms with Crippen molar-refractivity contribution in [3.05, 3.63) is 54.0 Å². The highest BCUT2D eigenvalue weighted by Crippen LogP contribution is 2.30. The van der Waals surface area contributed by atoms with Gasteiger partial charge in [0, 0.05) is 12.2 Å². The van der Waals surface area contributed by atoms with Crippen molar-refractivity contribution in [2.45, 2.75) is 25.6 Å². The van der Waals surface area contributed by atoms with Gasteiger partial charge in [0.1, 0.15) is 5.76 Å². The maximum Gasteiger partial charge on any atom is 0.416 e. The van der Waals surface area contributed by atoms with Crippen LogP contribution in [0, 0.1) is 5.92 Å². The number of piperidine rings is 1. The van der Waals surface area contributed by atoms with Crippen LogP contribution >= 0.6 is 0 Å². The van der Waals surface area contributed by atoms with Gasteiger partial charge in [-0.1, -0.05) is 6.07 Å². The minimum atomic E-state index is -4.43. The molecule has 2 amide bonds. The fourth-order valence-corrected chi connectivity index (χ4v) is 3.16. The number of hydrogen-bond acceptors (Lipinski definition) is 3. The van der Waals surface area contributed by atoms with Crippen LogP contribution in [0.5, 0.6) is 0 Å². The van der Waals surface area contributed by atoms with E-state index >= 15 is 0 Å². The number of amides is 2. The predicted octanol–water partition coefficient (Wildman–Crippen LogP) is 4.33. The molecule has 2 aromatic rings. The largest absolute Gasteiger partial charge is 0.468 e. The number of rotatable bonds is 5. The van der Waals surface area contributed by atoms with Crippen LogP contribution in [0.4, 0.5) is 23.7 Å². The third-order valence-corrected chi connectivity index (χ3v) is 4.67. The molecule has 1 aliphatic heterocycles.